The number of fused-ring (bicyclic) bond motifs is 1. The minimum Gasteiger partial charge on any atom is -0.505 e. The molecule has 0 amide bonds. The van der Waals surface area contributed by atoms with Crippen molar-refractivity contribution < 1.29 is 14.6 Å². The van der Waals surface area contributed by atoms with Crippen LogP contribution in [-0.2, 0) is 21.4 Å². The summed E-state index contributed by atoms with van der Waals surface area (Å²) in [5, 5.41) is 20.1. The molecule has 0 aliphatic carbocycles. The minimum absolute atomic E-state index is 0.186. The third-order valence-corrected chi connectivity index (χ3v) is 5.75. The Labute approximate surface area is 196 Å². The van der Waals surface area contributed by atoms with E-state index in [-0.39, 0.29) is 11.2 Å². The van der Waals surface area contributed by atoms with Crippen molar-refractivity contribution in [2.75, 3.05) is 13.2 Å². The number of hydrogen-bond acceptors (Lipinski definition) is 5. The maximum Gasteiger partial charge on any atom is 0.146 e. The van der Waals surface area contributed by atoms with Gasteiger partial charge in [-0.2, -0.15) is 0 Å². The number of phenolic OH excluding ortho intramolecular Hbond substituents is 1. The number of ether oxygens (including phenoxy) is 1. The maximum atomic E-state index is 11.2. The second-order valence-corrected chi connectivity index (χ2v) is 9.56. The fourth-order valence-electron chi connectivity index (χ4n) is 3.82. The Kier molecular flexibility index (Phi) is 8.43. The average Bonchev–Trinajstić information content (AvgIpc) is 3.22. The zero-order valence-electron chi connectivity index (χ0n) is 20.2. The molecule has 6 heteroatoms. The average molecular weight is 450 g/mol. The second kappa shape index (κ2) is 11.3. The Morgan fingerprint density at radius 3 is 2.39 bits per heavy atom. The summed E-state index contributed by atoms with van der Waals surface area (Å²) >= 11 is 0. The van der Waals surface area contributed by atoms with Crippen molar-refractivity contribution in [2.24, 2.45) is 0 Å². The van der Waals surface area contributed by atoms with Crippen LogP contribution in [0.3, 0.4) is 0 Å². The topological polar surface area (TPSA) is 77.2 Å². The van der Waals surface area contributed by atoms with Gasteiger partial charge in [0.1, 0.15) is 28.4 Å². The summed E-state index contributed by atoms with van der Waals surface area (Å²) in [5.41, 5.74) is 4.40. The van der Waals surface area contributed by atoms with E-state index in [9.17, 15) is 9.90 Å². The van der Waals surface area contributed by atoms with Gasteiger partial charge in [-0.05, 0) is 48.4 Å². The molecule has 0 radical (unpaired) electrons. The molecule has 0 unspecified atom stereocenters. The SMILES string of the molecule is CCCCCCC(=C=O)COCCc1cc(-n2nc3ccccc3n2)c(O)c(C(C)(C)C)c1. The van der Waals surface area contributed by atoms with Crippen molar-refractivity contribution in [1.29, 1.82) is 0 Å². The van der Waals surface area contributed by atoms with Crippen molar-refractivity contribution in [2.45, 2.75) is 71.6 Å². The molecule has 6 nitrogen and oxygen atoms in total. The molecule has 0 fully saturated rings. The van der Waals surface area contributed by atoms with Crippen LogP contribution in [0.5, 0.6) is 5.75 Å². The van der Waals surface area contributed by atoms with Crippen LogP contribution in [-0.4, -0.2) is 39.3 Å². The van der Waals surface area contributed by atoms with E-state index in [0.29, 0.717) is 30.9 Å². The largest absolute Gasteiger partial charge is 0.505 e. The van der Waals surface area contributed by atoms with Crippen LogP contribution in [0.4, 0.5) is 0 Å². The molecular formula is C27H35N3O3. The summed E-state index contributed by atoms with van der Waals surface area (Å²) in [6, 6.07) is 11.6. The molecule has 0 atom stereocenters. The highest BCUT2D eigenvalue weighted by Gasteiger charge is 2.23. The van der Waals surface area contributed by atoms with Crippen LogP contribution in [0.15, 0.2) is 42.0 Å². The lowest BCUT2D eigenvalue weighted by Crippen LogP contribution is -2.14. The van der Waals surface area contributed by atoms with Gasteiger partial charge in [-0.15, -0.1) is 15.0 Å². The predicted octanol–water partition coefficient (Wildman–Crippen LogP) is 5.71. The normalized spacial score (nSPS) is 11.6. The van der Waals surface area contributed by atoms with Gasteiger partial charge >= 0.3 is 0 Å². The van der Waals surface area contributed by atoms with Gasteiger partial charge in [-0.3, -0.25) is 0 Å². The Morgan fingerprint density at radius 1 is 1.09 bits per heavy atom. The monoisotopic (exact) mass is 449 g/mol. The van der Waals surface area contributed by atoms with Gasteiger partial charge in [0.25, 0.3) is 0 Å². The lowest BCUT2D eigenvalue weighted by Gasteiger charge is -2.23. The van der Waals surface area contributed by atoms with Crippen molar-refractivity contribution in [3.63, 3.8) is 0 Å². The summed E-state index contributed by atoms with van der Waals surface area (Å²) in [6.45, 7) is 9.17. The smallest absolute Gasteiger partial charge is 0.146 e. The quantitative estimate of drug-likeness (QED) is 0.300. The Morgan fingerprint density at radius 2 is 1.79 bits per heavy atom. The molecule has 0 aliphatic heterocycles. The first-order valence-corrected chi connectivity index (χ1v) is 11.8. The first-order valence-electron chi connectivity index (χ1n) is 11.8. The zero-order chi connectivity index (χ0) is 23.8. The fraction of sp³-hybridized carbons (Fsp3) is 0.481. The molecule has 3 rings (SSSR count). The van der Waals surface area contributed by atoms with Crippen LogP contribution in [0.2, 0.25) is 0 Å². The van der Waals surface area contributed by atoms with Gasteiger partial charge < -0.3 is 9.84 Å². The van der Waals surface area contributed by atoms with Gasteiger partial charge in [-0.25, -0.2) is 4.79 Å². The molecular weight excluding hydrogens is 414 g/mol. The van der Waals surface area contributed by atoms with Gasteiger partial charge in [-0.1, -0.05) is 65.2 Å². The Balaban J connectivity index is 1.74. The lowest BCUT2D eigenvalue weighted by atomic mass is 9.84. The molecule has 33 heavy (non-hydrogen) atoms. The molecule has 0 bridgehead atoms. The van der Waals surface area contributed by atoms with E-state index < -0.39 is 0 Å². The van der Waals surface area contributed by atoms with Crippen LogP contribution in [0.25, 0.3) is 16.7 Å². The van der Waals surface area contributed by atoms with Gasteiger partial charge in [0.2, 0.25) is 0 Å². The Bertz CT molecular complexity index is 1090. The van der Waals surface area contributed by atoms with Crippen LogP contribution < -0.4 is 0 Å². The molecule has 0 spiro atoms. The highest BCUT2D eigenvalue weighted by atomic mass is 16.5. The summed E-state index contributed by atoms with van der Waals surface area (Å²) in [7, 11) is 0. The first-order chi connectivity index (χ1) is 15.8. The van der Waals surface area contributed by atoms with Gasteiger partial charge in [0, 0.05) is 11.1 Å². The van der Waals surface area contributed by atoms with Crippen molar-refractivity contribution in [3.05, 3.63) is 53.1 Å². The van der Waals surface area contributed by atoms with E-state index in [0.717, 1.165) is 41.4 Å². The number of nitrogens with zero attached hydrogens (tertiary/aromatic N) is 3. The van der Waals surface area contributed by atoms with E-state index in [1.165, 1.54) is 17.6 Å². The van der Waals surface area contributed by atoms with Crippen LogP contribution in [0.1, 0.15) is 70.9 Å². The molecule has 1 N–H and O–H groups in total. The number of carbonyl (C=O) groups excluding carboxylic acids is 1. The number of aromatic nitrogens is 3. The van der Waals surface area contributed by atoms with E-state index in [2.05, 4.69) is 37.9 Å². The van der Waals surface area contributed by atoms with E-state index in [1.54, 1.807) is 0 Å². The number of rotatable bonds is 11. The molecule has 1 heterocycles. The number of hydrogen-bond donors (Lipinski definition) is 1. The maximum absolute atomic E-state index is 11.2. The van der Waals surface area contributed by atoms with E-state index >= 15 is 0 Å². The van der Waals surface area contributed by atoms with Gasteiger partial charge in [0.15, 0.2) is 0 Å². The third kappa shape index (κ3) is 6.53. The standard InChI is InChI=1S/C27H35N3O3/c1-5-6-7-8-11-21(18-31)19-33-15-14-20-16-22(27(2,3)4)26(32)25(17-20)30-28-23-12-9-10-13-24(23)29-30/h9-10,12-13,16-17,32H,5-8,11,14-15,19H2,1-4H3. The summed E-state index contributed by atoms with van der Waals surface area (Å²) in [6.07, 6.45) is 5.89. The van der Waals surface area contributed by atoms with Crippen LogP contribution in [0, 0.1) is 0 Å². The summed E-state index contributed by atoms with van der Waals surface area (Å²) in [5.74, 6) is 2.23. The van der Waals surface area contributed by atoms with Crippen molar-refractivity contribution >= 4 is 17.0 Å². The number of phenols is 1. The van der Waals surface area contributed by atoms with E-state index in [1.807, 2.05) is 42.3 Å². The minimum atomic E-state index is -0.256. The third-order valence-electron chi connectivity index (χ3n) is 5.75. The predicted molar refractivity (Wildman–Crippen MR) is 132 cm³/mol. The molecule has 176 valence electrons. The molecule has 0 saturated heterocycles. The second-order valence-electron chi connectivity index (χ2n) is 9.56. The molecule has 0 saturated carbocycles. The highest BCUT2D eigenvalue weighted by molar-refractivity contribution is 5.73. The summed E-state index contributed by atoms with van der Waals surface area (Å²) < 4.78 is 5.80. The number of benzene rings is 2. The fourth-order valence-corrected chi connectivity index (χ4v) is 3.82. The number of unbranched alkanes of at least 4 members (excludes halogenated alkanes) is 3. The van der Waals surface area contributed by atoms with Crippen molar-refractivity contribution in [3.8, 4) is 11.4 Å². The molecule has 0 aliphatic rings. The lowest BCUT2D eigenvalue weighted by molar-refractivity contribution is 0.158. The highest BCUT2D eigenvalue weighted by Crippen LogP contribution is 2.36. The molecule has 1 aromatic heterocycles. The summed E-state index contributed by atoms with van der Waals surface area (Å²) in [4.78, 5) is 12.7. The van der Waals surface area contributed by atoms with Crippen molar-refractivity contribution in [1.82, 2.24) is 15.0 Å². The van der Waals surface area contributed by atoms with Gasteiger partial charge in [0.05, 0.1) is 13.2 Å². The van der Waals surface area contributed by atoms with Crippen LogP contribution >= 0.6 is 0 Å². The Hall–Kier alpha value is -2.95. The number of aromatic hydroxyl groups is 1. The first kappa shape index (κ1) is 24.7. The van der Waals surface area contributed by atoms with E-state index in [4.69, 9.17) is 4.74 Å². The zero-order valence-corrected chi connectivity index (χ0v) is 20.2. The molecule has 2 aromatic carbocycles. The molecule has 3 aromatic rings.